The molecule has 2 heterocycles. The van der Waals surface area contributed by atoms with E-state index >= 15 is 0 Å². The van der Waals surface area contributed by atoms with Gasteiger partial charge < -0.3 is 14.2 Å². The average Bonchev–Trinajstić information content (AvgIpc) is 3.25. The van der Waals surface area contributed by atoms with E-state index in [4.69, 9.17) is 32.5 Å². The van der Waals surface area contributed by atoms with Crippen LogP contribution in [0.1, 0.15) is 41.6 Å². The van der Waals surface area contributed by atoms with E-state index in [1.807, 2.05) is 6.07 Å². The van der Waals surface area contributed by atoms with Gasteiger partial charge in [-0.25, -0.2) is 4.79 Å². The number of carbonyl (C=O) groups excluding carboxylic acids is 2. The molecule has 3 rings (SSSR count). The van der Waals surface area contributed by atoms with Crippen molar-refractivity contribution in [3.63, 3.8) is 0 Å². The number of nitrogens with zero attached hydrogens (tertiary/aromatic N) is 2. The van der Waals surface area contributed by atoms with Crippen LogP contribution < -0.4 is 4.90 Å². The molecule has 138 valence electrons. The molecule has 0 atom stereocenters. The average molecular weight is 397 g/mol. The molecule has 8 heteroatoms. The Morgan fingerprint density at radius 3 is 2.92 bits per heavy atom. The largest absolute Gasteiger partial charge is 0.461 e. The molecule has 26 heavy (non-hydrogen) atoms. The smallest absolute Gasteiger partial charge is 0.360 e. The highest BCUT2D eigenvalue weighted by atomic mass is 35.5. The summed E-state index contributed by atoms with van der Waals surface area (Å²) in [5, 5.41) is 4.71. The molecule has 0 saturated heterocycles. The summed E-state index contributed by atoms with van der Waals surface area (Å²) in [6, 6.07) is 5.09. The second kappa shape index (κ2) is 8.10. The van der Waals surface area contributed by atoms with Gasteiger partial charge in [0.05, 0.1) is 16.7 Å². The molecule has 0 N–H and O–H groups in total. The van der Waals surface area contributed by atoms with E-state index in [0.717, 1.165) is 11.3 Å². The second-order valence-corrected chi connectivity index (χ2v) is 6.69. The maximum absolute atomic E-state index is 12.5. The van der Waals surface area contributed by atoms with Crippen LogP contribution in [0.2, 0.25) is 10.0 Å². The molecule has 0 saturated carbocycles. The molecule has 0 fully saturated rings. The van der Waals surface area contributed by atoms with Crippen molar-refractivity contribution in [2.45, 2.75) is 32.6 Å². The predicted molar refractivity (Wildman–Crippen MR) is 97.9 cm³/mol. The van der Waals surface area contributed by atoms with E-state index in [0.29, 0.717) is 48.0 Å². The molecule has 0 spiro atoms. The van der Waals surface area contributed by atoms with Gasteiger partial charge in [0.25, 0.3) is 0 Å². The van der Waals surface area contributed by atoms with Crippen LogP contribution in [0.5, 0.6) is 0 Å². The van der Waals surface area contributed by atoms with Crippen LogP contribution in [0.15, 0.2) is 22.7 Å². The molecular weight excluding hydrogens is 379 g/mol. The van der Waals surface area contributed by atoms with Crippen LogP contribution in [0, 0.1) is 0 Å². The lowest BCUT2D eigenvalue weighted by atomic mass is 10.1. The van der Waals surface area contributed by atoms with Gasteiger partial charge in [-0.2, -0.15) is 0 Å². The number of aromatic nitrogens is 1. The van der Waals surface area contributed by atoms with Crippen molar-refractivity contribution in [1.82, 2.24) is 5.16 Å². The van der Waals surface area contributed by atoms with Crippen molar-refractivity contribution in [2.24, 2.45) is 0 Å². The topological polar surface area (TPSA) is 72.6 Å². The highest BCUT2D eigenvalue weighted by molar-refractivity contribution is 6.42. The fraction of sp³-hybridized carbons (Fsp3) is 0.389. The summed E-state index contributed by atoms with van der Waals surface area (Å²) < 4.78 is 9.98. The van der Waals surface area contributed by atoms with Gasteiger partial charge in [-0.15, -0.1) is 0 Å². The van der Waals surface area contributed by atoms with Gasteiger partial charge in [0.1, 0.15) is 5.76 Å². The quantitative estimate of drug-likeness (QED) is 0.688. The van der Waals surface area contributed by atoms with Crippen LogP contribution in [0.25, 0.3) is 0 Å². The summed E-state index contributed by atoms with van der Waals surface area (Å²) in [7, 11) is 0. The molecule has 2 aromatic rings. The van der Waals surface area contributed by atoms with E-state index in [-0.39, 0.29) is 18.2 Å². The molecule has 0 aliphatic carbocycles. The van der Waals surface area contributed by atoms with Crippen LogP contribution in [-0.4, -0.2) is 30.2 Å². The van der Waals surface area contributed by atoms with Gasteiger partial charge in [-0.05, 0) is 37.5 Å². The van der Waals surface area contributed by atoms with Gasteiger partial charge in [0, 0.05) is 31.1 Å². The molecular formula is C18H18Cl2N2O4. The highest BCUT2D eigenvalue weighted by Crippen LogP contribution is 2.38. The molecule has 1 aromatic heterocycles. The maximum Gasteiger partial charge on any atom is 0.360 e. The molecule has 0 radical (unpaired) electrons. The van der Waals surface area contributed by atoms with Gasteiger partial charge in [-0.3, -0.25) is 4.79 Å². The zero-order valence-corrected chi connectivity index (χ0v) is 15.8. The van der Waals surface area contributed by atoms with E-state index < -0.39 is 5.97 Å². The van der Waals surface area contributed by atoms with Crippen LogP contribution >= 0.6 is 23.2 Å². The fourth-order valence-electron chi connectivity index (χ4n) is 2.96. The van der Waals surface area contributed by atoms with Crippen molar-refractivity contribution >= 4 is 40.8 Å². The van der Waals surface area contributed by atoms with Crippen molar-refractivity contribution in [3.05, 3.63) is 45.3 Å². The molecule has 1 aliphatic rings. The molecule has 6 nitrogen and oxygen atoms in total. The standard InChI is InChI=1S/C18H18Cl2N2O4/c1-2-25-18(24)14-10-11(26-21-14)4-3-5-16(23)22-9-8-12-15(22)7-6-13(19)17(12)20/h6-7,10H,2-5,8-9H2,1H3. The van der Waals surface area contributed by atoms with Gasteiger partial charge in [0.2, 0.25) is 5.91 Å². The first kappa shape index (κ1) is 18.7. The second-order valence-electron chi connectivity index (χ2n) is 5.91. The summed E-state index contributed by atoms with van der Waals surface area (Å²) in [6.07, 6.45) is 2.16. The van der Waals surface area contributed by atoms with Crippen LogP contribution in [-0.2, 0) is 22.4 Å². The SMILES string of the molecule is CCOC(=O)c1cc(CCCC(=O)N2CCc3c2ccc(Cl)c3Cl)on1. The first-order valence-corrected chi connectivity index (χ1v) is 9.16. The number of fused-ring (bicyclic) bond motifs is 1. The number of carbonyl (C=O) groups is 2. The number of hydrogen-bond acceptors (Lipinski definition) is 5. The lowest BCUT2D eigenvalue weighted by Gasteiger charge is -2.17. The van der Waals surface area contributed by atoms with Crippen LogP contribution in [0.3, 0.4) is 0 Å². The van der Waals surface area contributed by atoms with E-state index in [1.165, 1.54) is 0 Å². The minimum atomic E-state index is -0.511. The Morgan fingerprint density at radius 2 is 2.15 bits per heavy atom. The maximum atomic E-state index is 12.5. The fourth-order valence-corrected chi connectivity index (χ4v) is 3.39. The minimum Gasteiger partial charge on any atom is -0.461 e. The zero-order chi connectivity index (χ0) is 18.7. The predicted octanol–water partition coefficient (Wildman–Crippen LogP) is 4.07. The summed E-state index contributed by atoms with van der Waals surface area (Å²) in [4.78, 5) is 25.8. The zero-order valence-electron chi connectivity index (χ0n) is 14.3. The first-order valence-electron chi connectivity index (χ1n) is 8.41. The lowest BCUT2D eigenvalue weighted by Crippen LogP contribution is -2.28. The normalized spacial score (nSPS) is 13.0. The van der Waals surface area contributed by atoms with E-state index in [9.17, 15) is 9.59 Å². The van der Waals surface area contributed by atoms with Gasteiger partial charge >= 0.3 is 5.97 Å². The number of ether oxygens (including phenoxy) is 1. The van der Waals surface area contributed by atoms with Crippen LogP contribution in [0.4, 0.5) is 5.69 Å². The number of halogens is 2. The summed E-state index contributed by atoms with van der Waals surface area (Å²) in [5.41, 5.74) is 1.89. The molecule has 0 bridgehead atoms. The number of benzene rings is 1. The third-order valence-corrected chi connectivity index (χ3v) is 5.05. The Labute approximate surface area is 161 Å². The number of hydrogen-bond donors (Lipinski definition) is 0. The van der Waals surface area contributed by atoms with Crippen molar-refractivity contribution in [1.29, 1.82) is 0 Å². The number of aryl methyl sites for hydroxylation is 1. The van der Waals surface area contributed by atoms with Gasteiger partial charge in [-0.1, -0.05) is 28.4 Å². The Morgan fingerprint density at radius 1 is 1.35 bits per heavy atom. The summed E-state index contributed by atoms with van der Waals surface area (Å²) in [6.45, 7) is 2.60. The Kier molecular flexibility index (Phi) is 5.84. The molecule has 1 aliphatic heterocycles. The minimum absolute atomic E-state index is 0.0206. The van der Waals surface area contributed by atoms with E-state index in [1.54, 1.807) is 24.0 Å². The van der Waals surface area contributed by atoms with E-state index in [2.05, 4.69) is 5.16 Å². The third kappa shape index (κ3) is 3.86. The summed E-state index contributed by atoms with van der Waals surface area (Å²) in [5.74, 6) is 0.0626. The monoisotopic (exact) mass is 396 g/mol. The van der Waals surface area contributed by atoms with Gasteiger partial charge in [0.15, 0.2) is 5.69 Å². The Hall–Kier alpha value is -2.05. The highest BCUT2D eigenvalue weighted by Gasteiger charge is 2.27. The van der Waals surface area contributed by atoms with Crippen molar-refractivity contribution < 1.29 is 18.8 Å². The number of amides is 1. The Bertz CT molecular complexity index is 835. The number of esters is 1. The summed E-state index contributed by atoms with van der Waals surface area (Å²) >= 11 is 12.2. The molecule has 1 aromatic carbocycles. The Balaban J connectivity index is 1.55. The van der Waals surface area contributed by atoms with Crippen molar-refractivity contribution in [2.75, 3.05) is 18.1 Å². The number of anilines is 1. The molecule has 1 amide bonds. The van der Waals surface area contributed by atoms with Crippen molar-refractivity contribution in [3.8, 4) is 0 Å². The third-order valence-electron chi connectivity index (χ3n) is 4.21. The lowest BCUT2D eigenvalue weighted by molar-refractivity contribution is -0.118. The number of rotatable bonds is 6. The molecule has 0 unspecified atom stereocenters. The first-order chi connectivity index (χ1) is 12.5.